The van der Waals surface area contributed by atoms with E-state index in [4.69, 9.17) is 6.57 Å². The highest BCUT2D eigenvalue weighted by atomic mass is 15.2. The minimum absolute atomic E-state index is 0.782. The van der Waals surface area contributed by atoms with Gasteiger partial charge in [0.2, 0.25) is 5.69 Å². The van der Waals surface area contributed by atoms with Crippen molar-refractivity contribution in [2.75, 3.05) is 18.0 Å². The highest BCUT2D eigenvalue weighted by Gasteiger charge is 2.14. The van der Waals surface area contributed by atoms with E-state index in [2.05, 4.69) is 9.74 Å². The van der Waals surface area contributed by atoms with Gasteiger partial charge in [-0.1, -0.05) is 18.2 Å². The lowest BCUT2D eigenvalue weighted by Crippen LogP contribution is -2.17. The first-order valence-electron chi connectivity index (χ1n) is 4.63. The van der Waals surface area contributed by atoms with Gasteiger partial charge in [0.25, 0.3) is 0 Å². The Kier molecular flexibility index (Phi) is 2.18. The lowest BCUT2D eigenvalue weighted by molar-refractivity contribution is 0.949. The third-order valence-corrected chi connectivity index (χ3v) is 2.45. The molecule has 0 N–H and O–H groups in total. The van der Waals surface area contributed by atoms with E-state index >= 15 is 0 Å². The monoisotopic (exact) mass is 172 g/mol. The van der Waals surface area contributed by atoms with Crippen LogP contribution in [0.5, 0.6) is 0 Å². The first-order valence-corrected chi connectivity index (χ1v) is 4.63. The molecule has 1 aromatic rings. The molecular weight excluding hydrogens is 160 g/mol. The maximum Gasteiger partial charge on any atom is 0.209 e. The molecule has 0 spiro atoms. The van der Waals surface area contributed by atoms with Crippen molar-refractivity contribution >= 4 is 11.4 Å². The molecule has 0 unspecified atom stereocenters. The summed E-state index contributed by atoms with van der Waals surface area (Å²) in [6.45, 7) is 9.25. The summed E-state index contributed by atoms with van der Waals surface area (Å²) in [6, 6.07) is 7.86. The summed E-state index contributed by atoms with van der Waals surface area (Å²) in [5, 5.41) is 0. The minimum Gasteiger partial charge on any atom is -0.380 e. The van der Waals surface area contributed by atoms with Crippen LogP contribution < -0.4 is 4.90 Å². The minimum atomic E-state index is 0.782. The van der Waals surface area contributed by atoms with Crippen molar-refractivity contribution in [3.63, 3.8) is 0 Å². The molecule has 1 aromatic carbocycles. The van der Waals surface area contributed by atoms with Crippen molar-refractivity contribution in [2.45, 2.75) is 12.8 Å². The zero-order chi connectivity index (χ0) is 9.10. The second kappa shape index (κ2) is 3.49. The summed E-state index contributed by atoms with van der Waals surface area (Å²) in [7, 11) is 0. The Hall–Kier alpha value is -1.49. The van der Waals surface area contributed by atoms with Crippen LogP contribution in [-0.2, 0) is 0 Å². The summed E-state index contributed by atoms with van der Waals surface area (Å²) >= 11 is 0. The van der Waals surface area contributed by atoms with Crippen LogP contribution in [0.2, 0.25) is 0 Å². The van der Waals surface area contributed by atoms with Gasteiger partial charge >= 0.3 is 0 Å². The van der Waals surface area contributed by atoms with Gasteiger partial charge in [-0.05, 0) is 18.9 Å². The number of rotatable bonds is 1. The van der Waals surface area contributed by atoms with Crippen molar-refractivity contribution in [1.82, 2.24) is 0 Å². The van der Waals surface area contributed by atoms with E-state index in [1.165, 1.54) is 12.8 Å². The SMILES string of the molecule is [C-]#[N+]c1ccccc1N1CCCC1. The largest absolute Gasteiger partial charge is 0.380 e. The van der Waals surface area contributed by atoms with Gasteiger partial charge < -0.3 is 4.90 Å². The smallest absolute Gasteiger partial charge is 0.209 e. The van der Waals surface area contributed by atoms with Crippen molar-refractivity contribution in [3.05, 3.63) is 35.7 Å². The normalized spacial score (nSPS) is 15.8. The maximum absolute atomic E-state index is 7.05. The molecule has 0 amide bonds. The Balaban J connectivity index is 2.33. The number of benzene rings is 1. The standard InChI is InChI=1S/C11H12N2/c1-12-10-6-2-3-7-11(10)13-8-4-5-9-13/h2-3,6-7H,4-5,8-9H2. The van der Waals surface area contributed by atoms with Crippen molar-refractivity contribution in [2.24, 2.45) is 0 Å². The van der Waals surface area contributed by atoms with Crippen LogP contribution in [0.4, 0.5) is 11.4 Å². The number of hydrogen-bond donors (Lipinski definition) is 0. The van der Waals surface area contributed by atoms with Gasteiger partial charge in [0.05, 0.1) is 6.57 Å². The molecule has 1 fully saturated rings. The van der Waals surface area contributed by atoms with Crippen molar-refractivity contribution in [3.8, 4) is 0 Å². The van der Waals surface area contributed by atoms with Gasteiger partial charge in [-0.25, -0.2) is 4.85 Å². The average molecular weight is 172 g/mol. The van der Waals surface area contributed by atoms with Crippen LogP contribution in [0.25, 0.3) is 4.85 Å². The number of anilines is 1. The zero-order valence-corrected chi connectivity index (χ0v) is 7.53. The van der Waals surface area contributed by atoms with Gasteiger partial charge in [0.15, 0.2) is 0 Å². The molecule has 1 aliphatic rings. The Morgan fingerprint density at radius 3 is 2.54 bits per heavy atom. The lowest BCUT2D eigenvalue weighted by Gasteiger charge is -2.18. The Labute approximate surface area is 78.6 Å². The predicted octanol–water partition coefficient (Wildman–Crippen LogP) is 2.84. The molecule has 0 bridgehead atoms. The third-order valence-electron chi connectivity index (χ3n) is 2.45. The molecule has 0 aliphatic carbocycles. The predicted molar refractivity (Wildman–Crippen MR) is 54.2 cm³/mol. The van der Waals surface area contributed by atoms with E-state index in [0.717, 1.165) is 24.5 Å². The Morgan fingerprint density at radius 2 is 1.85 bits per heavy atom. The fraction of sp³-hybridized carbons (Fsp3) is 0.364. The summed E-state index contributed by atoms with van der Waals surface area (Å²) in [6.07, 6.45) is 2.51. The van der Waals surface area contributed by atoms with E-state index < -0.39 is 0 Å². The van der Waals surface area contributed by atoms with Crippen LogP contribution in [0.1, 0.15) is 12.8 Å². The van der Waals surface area contributed by atoms with Crippen molar-refractivity contribution < 1.29 is 0 Å². The van der Waals surface area contributed by atoms with E-state index in [1.807, 2.05) is 24.3 Å². The molecular formula is C11H12N2. The summed E-state index contributed by atoms with van der Waals surface area (Å²) < 4.78 is 0. The molecule has 2 heteroatoms. The second-order valence-electron chi connectivity index (χ2n) is 3.29. The summed E-state index contributed by atoms with van der Waals surface area (Å²) in [5.41, 5.74) is 1.89. The third kappa shape index (κ3) is 1.50. The molecule has 0 radical (unpaired) electrons. The highest BCUT2D eigenvalue weighted by molar-refractivity contribution is 5.70. The van der Waals surface area contributed by atoms with Crippen LogP contribution >= 0.6 is 0 Å². The van der Waals surface area contributed by atoms with Gasteiger partial charge in [-0.3, -0.25) is 0 Å². The molecule has 2 rings (SSSR count). The summed E-state index contributed by atoms with van der Waals surface area (Å²) in [5.74, 6) is 0. The van der Waals surface area contributed by atoms with E-state index in [1.54, 1.807) is 0 Å². The molecule has 66 valence electrons. The Morgan fingerprint density at radius 1 is 1.15 bits per heavy atom. The number of hydrogen-bond acceptors (Lipinski definition) is 1. The first kappa shape index (κ1) is 8.12. The molecule has 1 saturated heterocycles. The van der Waals surface area contributed by atoms with E-state index in [-0.39, 0.29) is 0 Å². The fourth-order valence-corrected chi connectivity index (χ4v) is 1.78. The van der Waals surface area contributed by atoms with Crippen LogP contribution in [-0.4, -0.2) is 13.1 Å². The van der Waals surface area contributed by atoms with Crippen LogP contribution in [0.15, 0.2) is 24.3 Å². The molecule has 0 atom stereocenters. The second-order valence-corrected chi connectivity index (χ2v) is 3.29. The molecule has 1 heterocycles. The number of nitrogens with zero attached hydrogens (tertiary/aromatic N) is 2. The Bertz CT molecular complexity index is 332. The maximum atomic E-state index is 7.05. The zero-order valence-electron chi connectivity index (χ0n) is 7.53. The summed E-state index contributed by atoms with van der Waals surface area (Å²) in [4.78, 5) is 5.82. The lowest BCUT2D eigenvalue weighted by atomic mass is 10.2. The van der Waals surface area contributed by atoms with Gasteiger partial charge in [-0.15, -0.1) is 0 Å². The van der Waals surface area contributed by atoms with E-state index in [9.17, 15) is 0 Å². The molecule has 2 nitrogen and oxygen atoms in total. The fourth-order valence-electron chi connectivity index (χ4n) is 1.78. The topological polar surface area (TPSA) is 7.60 Å². The van der Waals surface area contributed by atoms with Crippen LogP contribution in [0, 0.1) is 6.57 Å². The average Bonchev–Trinajstić information content (AvgIpc) is 2.70. The molecule has 0 aromatic heterocycles. The van der Waals surface area contributed by atoms with Crippen molar-refractivity contribution in [1.29, 1.82) is 0 Å². The van der Waals surface area contributed by atoms with Gasteiger partial charge in [-0.2, -0.15) is 0 Å². The highest BCUT2D eigenvalue weighted by Crippen LogP contribution is 2.30. The molecule has 0 saturated carbocycles. The molecule has 1 aliphatic heterocycles. The van der Waals surface area contributed by atoms with E-state index in [0.29, 0.717) is 0 Å². The van der Waals surface area contributed by atoms with Gasteiger partial charge in [0, 0.05) is 18.8 Å². The van der Waals surface area contributed by atoms with Crippen LogP contribution in [0.3, 0.4) is 0 Å². The quantitative estimate of drug-likeness (QED) is 0.591. The molecule has 13 heavy (non-hydrogen) atoms. The number of para-hydroxylation sites is 2. The first-order chi connectivity index (χ1) is 6.42. The van der Waals surface area contributed by atoms with Gasteiger partial charge in [0.1, 0.15) is 0 Å².